The van der Waals surface area contributed by atoms with Crippen molar-refractivity contribution >= 4 is 0 Å². The highest BCUT2D eigenvalue weighted by Gasteiger charge is 2.21. The Morgan fingerprint density at radius 1 is 1.22 bits per heavy atom. The predicted octanol–water partition coefficient (Wildman–Crippen LogP) is 4.61. The van der Waals surface area contributed by atoms with E-state index in [0.29, 0.717) is 6.04 Å². The van der Waals surface area contributed by atoms with Crippen LogP contribution in [0, 0.1) is 0 Å². The van der Waals surface area contributed by atoms with E-state index in [0.717, 1.165) is 13.0 Å². The lowest BCUT2D eigenvalue weighted by atomic mass is 9.93. The van der Waals surface area contributed by atoms with Gasteiger partial charge in [0.1, 0.15) is 5.76 Å². The third-order valence-electron chi connectivity index (χ3n) is 3.97. The molecule has 0 fully saturated rings. The topological polar surface area (TPSA) is 25.2 Å². The van der Waals surface area contributed by atoms with Crippen molar-refractivity contribution in [2.24, 2.45) is 0 Å². The highest BCUT2D eigenvalue weighted by atomic mass is 16.3. The summed E-state index contributed by atoms with van der Waals surface area (Å²) in [5.74, 6) is 1.21. The van der Waals surface area contributed by atoms with Gasteiger partial charge in [-0.2, -0.15) is 0 Å². The fourth-order valence-corrected chi connectivity index (χ4v) is 2.88. The number of hydrogen-bond acceptors (Lipinski definition) is 2. The summed E-state index contributed by atoms with van der Waals surface area (Å²) in [6, 6.07) is 2.69. The van der Waals surface area contributed by atoms with Gasteiger partial charge < -0.3 is 9.73 Å². The minimum absolute atomic E-state index is 0.545. The maximum atomic E-state index is 5.52. The van der Waals surface area contributed by atoms with Gasteiger partial charge in [-0.1, -0.05) is 39.0 Å². The minimum Gasteiger partial charge on any atom is -0.469 e. The largest absolute Gasteiger partial charge is 0.469 e. The van der Waals surface area contributed by atoms with E-state index in [2.05, 4.69) is 18.3 Å². The van der Waals surface area contributed by atoms with Crippen LogP contribution in [0.3, 0.4) is 0 Å². The Bertz CT molecular complexity index is 332. The van der Waals surface area contributed by atoms with E-state index in [-0.39, 0.29) is 0 Å². The van der Waals surface area contributed by atoms with Crippen LogP contribution in [0.15, 0.2) is 16.7 Å². The highest BCUT2D eigenvalue weighted by molar-refractivity contribution is 5.23. The van der Waals surface area contributed by atoms with Gasteiger partial charge in [0, 0.05) is 18.0 Å². The third kappa shape index (κ3) is 3.88. The van der Waals surface area contributed by atoms with Crippen LogP contribution in [0.25, 0.3) is 0 Å². The van der Waals surface area contributed by atoms with Crippen molar-refractivity contribution in [2.45, 2.75) is 70.8 Å². The zero-order valence-corrected chi connectivity index (χ0v) is 11.7. The van der Waals surface area contributed by atoms with Crippen molar-refractivity contribution in [3.8, 4) is 0 Å². The predicted molar refractivity (Wildman–Crippen MR) is 75.8 cm³/mol. The van der Waals surface area contributed by atoms with Gasteiger partial charge in [0.15, 0.2) is 0 Å². The first-order valence-corrected chi connectivity index (χ1v) is 7.71. The average molecular weight is 249 g/mol. The summed E-state index contributed by atoms with van der Waals surface area (Å²) < 4.78 is 5.52. The Kier molecular flexibility index (Phi) is 5.79. The average Bonchev–Trinajstić information content (AvgIpc) is 2.86. The molecule has 0 aromatic carbocycles. The molecule has 1 N–H and O–H groups in total. The monoisotopic (exact) mass is 249 g/mol. The van der Waals surface area contributed by atoms with Crippen LogP contribution < -0.4 is 5.32 Å². The highest BCUT2D eigenvalue weighted by Crippen LogP contribution is 2.30. The van der Waals surface area contributed by atoms with Gasteiger partial charge in [-0.3, -0.25) is 0 Å². The summed E-state index contributed by atoms with van der Waals surface area (Å²) >= 11 is 0. The molecule has 2 rings (SSSR count). The molecule has 18 heavy (non-hydrogen) atoms. The van der Waals surface area contributed by atoms with E-state index in [4.69, 9.17) is 4.42 Å². The Labute approximate surface area is 111 Å². The van der Waals surface area contributed by atoms with Crippen molar-refractivity contribution in [1.82, 2.24) is 5.32 Å². The van der Waals surface area contributed by atoms with Crippen LogP contribution in [0.1, 0.15) is 75.7 Å². The quantitative estimate of drug-likeness (QED) is 0.681. The molecule has 1 aliphatic rings. The molecule has 0 amide bonds. The molecule has 0 saturated carbocycles. The molecule has 0 bridgehead atoms. The van der Waals surface area contributed by atoms with Gasteiger partial charge in [-0.05, 0) is 31.9 Å². The molecule has 0 spiro atoms. The van der Waals surface area contributed by atoms with E-state index < -0.39 is 0 Å². The normalized spacial score (nSPS) is 18.8. The van der Waals surface area contributed by atoms with Crippen molar-refractivity contribution in [2.75, 3.05) is 6.54 Å². The third-order valence-corrected chi connectivity index (χ3v) is 3.97. The second-order valence-corrected chi connectivity index (χ2v) is 5.47. The molecular formula is C16H27NO. The number of fused-ring (bicyclic) bond motifs is 1. The number of unbranched alkanes of at least 4 members (excludes halogenated alkanes) is 5. The molecule has 102 valence electrons. The van der Waals surface area contributed by atoms with Gasteiger partial charge in [-0.25, -0.2) is 0 Å². The molecule has 2 heteroatoms. The van der Waals surface area contributed by atoms with Gasteiger partial charge in [0.05, 0.1) is 6.26 Å². The second kappa shape index (κ2) is 7.63. The number of rotatable bonds is 8. The van der Waals surface area contributed by atoms with Gasteiger partial charge in [0.25, 0.3) is 0 Å². The molecule has 1 aromatic rings. The zero-order chi connectivity index (χ0) is 12.6. The SMILES string of the molecule is CCCCCCCCNC1CCCc2occc21. The van der Waals surface area contributed by atoms with Crippen molar-refractivity contribution in [3.63, 3.8) is 0 Å². The molecule has 1 heterocycles. The molecule has 1 atom stereocenters. The molecular weight excluding hydrogens is 222 g/mol. The van der Waals surface area contributed by atoms with Gasteiger partial charge >= 0.3 is 0 Å². The second-order valence-electron chi connectivity index (χ2n) is 5.47. The Hall–Kier alpha value is -0.760. The van der Waals surface area contributed by atoms with Crippen molar-refractivity contribution < 1.29 is 4.42 Å². The number of aryl methyl sites for hydroxylation is 1. The molecule has 1 aromatic heterocycles. The zero-order valence-electron chi connectivity index (χ0n) is 11.7. The van der Waals surface area contributed by atoms with E-state index in [1.807, 2.05) is 6.26 Å². The van der Waals surface area contributed by atoms with Gasteiger partial charge in [0.2, 0.25) is 0 Å². The van der Waals surface area contributed by atoms with Crippen molar-refractivity contribution in [3.05, 3.63) is 23.7 Å². The summed E-state index contributed by atoms with van der Waals surface area (Å²) in [6.07, 6.45) is 13.7. The summed E-state index contributed by atoms with van der Waals surface area (Å²) in [4.78, 5) is 0. The number of nitrogens with one attached hydrogen (secondary N) is 1. The van der Waals surface area contributed by atoms with E-state index >= 15 is 0 Å². The van der Waals surface area contributed by atoms with Crippen molar-refractivity contribution in [1.29, 1.82) is 0 Å². The van der Waals surface area contributed by atoms with Crippen LogP contribution in [0.4, 0.5) is 0 Å². The van der Waals surface area contributed by atoms with Crippen LogP contribution in [-0.2, 0) is 6.42 Å². The van der Waals surface area contributed by atoms with E-state index in [1.165, 1.54) is 62.7 Å². The van der Waals surface area contributed by atoms with Crippen LogP contribution in [0.2, 0.25) is 0 Å². The van der Waals surface area contributed by atoms with Gasteiger partial charge in [-0.15, -0.1) is 0 Å². The Morgan fingerprint density at radius 3 is 2.94 bits per heavy atom. The standard InChI is InChI=1S/C16H27NO/c1-2-3-4-5-6-7-12-17-15-9-8-10-16-14(15)11-13-18-16/h11,13,15,17H,2-10,12H2,1H3. The summed E-state index contributed by atoms with van der Waals surface area (Å²) in [5, 5.41) is 3.69. The number of furan rings is 1. The Morgan fingerprint density at radius 2 is 2.06 bits per heavy atom. The maximum Gasteiger partial charge on any atom is 0.108 e. The summed E-state index contributed by atoms with van der Waals surface area (Å²) in [6.45, 7) is 3.43. The van der Waals surface area contributed by atoms with Crippen LogP contribution in [0.5, 0.6) is 0 Å². The molecule has 1 unspecified atom stereocenters. The van der Waals surface area contributed by atoms with Crippen LogP contribution >= 0.6 is 0 Å². The van der Waals surface area contributed by atoms with Crippen LogP contribution in [-0.4, -0.2) is 6.54 Å². The maximum absolute atomic E-state index is 5.52. The molecule has 0 radical (unpaired) electrons. The summed E-state index contributed by atoms with van der Waals surface area (Å²) in [5.41, 5.74) is 1.41. The fourth-order valence-electron chi connectivity index (χ4n) is 2.88. The molecule has 2 nitrogen and oxygen atoms in total. The lowest BCUT2D eigenvalue weighted by Gasteiger charge is -2.22. The lowest BCUT2D eigenvalue weighted by Crippen LogP contribution is -2.25. The fraction of sp³-hybridized carbons (Fsp3) is 0.750. The molecule has 0 saturated heterocycles. The molecule has 1 aliphatic carbocycles. The first-order valence-electron chi connectivity index (χ1n) is 7.71. The first kappa shape index (κ1) is 13.7. The summed E-state index contributed by atoms with van der Waals surface area (Å²) in [7, 11) is 0. The Balaban J connectivity index is 1.60. The molecule has 0 aliphatic heterocycles. The first-order chi connectivity index (χ1) is 8.92. The van der Waals surface area contributed by atoms with E-state index in [9.17, 15) is 0 Å². The smallest absolute Gasteiger partial charge is 0.108 e. The lowest BCUT2D eigenvalue weighted by molar-refractivity contribution is 0.407. The van der Waals surface area contributed by atoms with E-state index in [1.54, 1.807) is 0 Å². The number of hydrogen-bond donors (Lipinski definition) is 1. The minimum atomic E-state index is 0.545.